The summed E-state index contributed by atoms with van der Waals surface area (Å²) in [6.45, 7) is 8.97. The van der Waals surface area contributed by atoms with Gasteiger partial charge in [0.05, 0.1) is 12.5 Å². The van der Waals surface area contributed by atoms with Crippen LogP contribution in [-0.4, -0.2) is 35.5 Å². The van der Waals surface area contributed by atoms with Gasteiger partial charge in [0.2, 0.25) is 0 Å². The van der Waals surface area contributed by atoms with Crippen LogP contribution in [0.2, 0.25) is 18.1 Å². The van der Waals surface area contributed by atoms with Crippen molar-refractivity contribution in [2.45, 2.75) is 135 Å². The number of carbonyl (C=O) groups excluding carboxylic acids is 1. The van der Waals surface area contributed by atoms with Crippen LogP contribution in [0.15, 0.2) is 24.3 Å². The third kappa shape index (κ3) is 10.4. The van der Waals surface area contributed by atoms with Gasteiger partial charge in [-0.2, -0.15) is 0 Å². The van der Waals surface area contributed by atoms with Gasteiger partial charge in [-0.3, -0.25) is 0 Å². The Labute approximate surface area is 214 Å². The van der Waals surface area contributed by atoms with Gasteiger partial charge in [-0.1, -0.05) is 115 Å². The van der Waals surface area contributed by atoms with Crippen LogP contribution in [0.25, 0.3) is 11.0 Å². The van der Waals surface area contributed by atoms with Crippen LogP contribution in [0.4, 0.5) is 0 Å². The summed E-state index contributed by atoms with van der Waals surface area (Å²) in [4.78, 5) is 19.6. The molecular weight excluding hydrogens is 454 g/mol. The molecule has 0 aliphatic carbocycles. The Morgan fingerprint density at radius 3 is 2.03 bits per heavy atom. The molecular formula is C28H49N3O3Si. The van der Waals surface area contributed by atoms with Gasteiger partial charge in [-0.05, 0) is 41.9 Å². The van der Waals surface area contributed by atoms with E-state index in [1.54, 1.807) is 0 Å². The first-order chi connectivity index (χ1) is 17.1. The number of benzene rings is 1. The summed E-state index contributed by atoms with van der Waals surface area (Å²) in [6, 6.07) is 10.7. The zero-order valence-corrected chi connectivity index (χ0v) is 23.8. The van der Waals surface area contributed by atoms with E-state index in [0.717, 1.165) is 31.0 Å². The van der Waals surface area contributed by atoms with Crippen LogP contribution in [-0.2, 0) is 9.22 Å². The molecule has 2 aromatic rings. The van der Waals surface area contributed by atoms with Crippen LogP contribution >= 0.6 is 0 Å². The van der Waals surface area contributed by atoms with E-state index >= 15 is 0 Å². The second-order valence-electron chi connectivity index (χ2n) is 9.93. The van der Waals surface area contributed by atoms with Gasteiger partial charge in [-0.25, -0.2) is 4.79 Å². The molecule has 0 saturated heterocycles. The maximum absolute atomic E-state index is 12.8. The Hall–Kier alpha value is -1.73. The Kier molecular flexibility index (Phi) is 14.2. The van der Waals surface area contributed by atoms with Crippen molar-refractivity contribution in [2.75, 3.05) is 0 Å². The van der Waals surface area contributed by atoms with Crippen LogP contribution in [0.5, 0.6) is 0 Å². The predicted molar refractivity (Wildman–Crippen MR) is 147 cm³/mol. The minimum Gasteiger partial charge on any atom is -0.413 e. The summed E-state index contributed by atoms with van der Waals surface area (Å²) in [5.74, 6) is -0.306. The molecule has 0 unspecified atom stereocenters. The summed E-state index contributed by atoms with van der Waals surface area (Å²) in [5.41, 5.74) is 1.41. The van der Waals surface area contributed by atoms with E-state index in [1.807, 2.05) is 24.3 Å². The Balaban J connectivity index is 1.81. The van der Waals surface area contributed by atoms with Crippen LogP contribution < -0.4 is 4.84 Å². The normalized spacial score (nSPS) is 12.8. The lowest BCUT2D eigenvalue weighted by Gasteiger charge is -2.33. The van der Waals surface area contributed by atoms with Gasteiger partial charge >= 0.3 is 5.97 Å². The number of fused-ring (bicyclic) bond motifs is 1. The van der Waals surface area contributed by atoms with Gasteiger partial charge in [0.15, 0.2) is 8.32 Å². The summed E-state index contributed by atoms with van der Waals surface area (Å²) in [6.07, 6.45) is 15.6. The first kappa shape index (κ1) is 29.5. The molecule has 35 heavy (non-hydrogen) atoms. The van der Waals surface area contributed by atoms with Crippen LogP contribution in [0.1, 0.15) is 111 Å². The monoisotopic (exact) mass is 503 g/mol. The first-order valence-electron chi connectivity index (χ1n) is 14.3. The van der Waals surface area contributed by atoms with Crippen molar-refractivity contribution in [3.05, 3.63) is 24.3 Å². The molecule has 0 fully saturated rings. The van der Waals surface area contributed by atoms with Crippen molar-refractivity contribution >= 4 is 25.3 Å². The second-order valence-corrected chi connectivity index (χ2v) is 14.6. The zero-order chi connectivity index (χ0) is 25.4. The van der Waals surface area contributed by atoms with Crippen molar-refractivity contribution in [1.29, 1.82) is 0 Å². The fraction of sp³-hybridized carbons (Fsp3) is 0.750. The number of aromatic nitrogens is 3. The lowest BCUT2D eigenvalue weighted by molar-refractivity contribution is -0.147. The molecule has 1 aromatic heterocycles. The standard InChI is InChI=1S/C28H49N3O3Si/c1-5-9-10-11-12-13-14-15-16-17-18-21-25(34-35(6-2,7-3)8-4)24-28(32)33-31-27-23-20-19-22-26(27)29-30-31/h19-20,22-23,25H,5-18,21,24H2,1-4H3/t25-/m1/s1. The Bertz CT molecular complexity index is 829. The van der Waals surface area contributed by atoms with Crippen molar-refractivity contribution in [2.24, 2.45) is 0 Å². The lowest BCUT2D eigenvalue weighted by atomic mass is 10.0. The average molecular weight is 504 g/mol. The van der Waals surface area contributed by atoms with Crippen molar-refractivity contribution in [1.82, 2.24) is 15.2 Å². The molecule has 7 heteroatoms. The highest BCUT2D eigenvalue weighted by molar-refractivity contribution is 6.73. The van der Waals surface area contributed by atoms with E-state index in [0.29, 0.717) is 11.0 Å². The third-order valence-corrected chi connectivity index (χ3v) is 12.1. The quantitative estimate of drug-likeness (QED) is 0.104. The summed E-state index contributed by atoms with van der Waals surface area (Å²) in [7, 11) is -1.81. The van der Waals surface area contributed by atoms with Gasteiger partial charge in [0, 0.05) is 0 Å². The van der Waals surface area contributed by atoms with Crippen molar-refractivity contribution < 1.29 is 14.1 Å². The highest BCUT2D eigenvalue weighted by atomic mass is 28.4. The second kappa shape index (κ2) is 16.9. The zero-order valence-electron chi connectivity index (χ0n) is 22.8. The molecule has 0 aliphatic heterocycles. The molecule has 2 rings (SSSR count). The molecule has 0 spiro atoms. The summed E-state index contributed by atoms with van der Waals surface area (Å²) >= 11 is 0. The summed E-state index contributed by atoms with van der Waals surface area (Å²) in [5, 5.41) is 8.06. The van der Waals surface area contributed by atoms with Gasteiger partial charge < -0.3 is 9.26 Å². The Morgan fingerprint density at radius 1 is 0.857 bits per heavy atom. The molecule has 1 aromatic carbocycles. The maximum atomic E-state index is 12.8. The first-order valence-corrected chi connectivity index (χ1v) is 16.8. The average Bonchev–Trinajstić information content (AvgIpc) is 3.28. The number of hydrogen-bond donors (Lipinski definition) is 0. The molecule has 198 valence electrons. The van der Waals surface area contributed by atoms with E-state index in [-0.39, 0.29) is 18.5 Å². The van der Waals surface area contributed by atoms with E-state index in [1.165, 1.54) is 69.1 Å². The molecule has 0 N–H and O–H groups in total. The minimum absolute atomic E-state index is 0.0811. The van der Waals surface area contributed by atoms with E-state index in [2.05, 4.69) is 38.0 Å². The van der Waals surface area contributed by atoms with E-state index in [4.69, 9.17) is 9.26 Å². The number of rotatable bonds is 20. The fourth-order valence-electron chi connectivity index (χ4n) is 4.83. The molecule has 0 aliphatic rings. The van der Waals surface area contributed by atoms with Gasteiger partial charge in [0.25, 0.3) is 0 Å². The molecule has 1 atom stereocenters. The predicted octanol–water partition coefficient (Wildman–Crippen LogP) is 7.87. The van der Waals surface area contributed by atoms with Crippen LogP contribution in [0.3, 0.4) is 0 Å². The highest BCUT2D eigenvalue weighted by Crippen LogP contribution is 2.27. The topological polar surface area (TPSA) is 66.2 Å². The number of carbonyl (C=O) groups is 1. The summed E-state index contributed by atoms with van der Waals surface area (Å²) < 4.78 is 6.75. The highest BCUT2D eigenvalue weighted by Gasteiger charge is 2.33. The number of para-hydroxylation sites is 1. The Morgan fingerprint density at radius 2 is 1.43 bits per heavy atom. The van der Waals surface area contributed by atoms with Crippen molar-refractivity contribution in [3.63, 3.8) is 0 Å². The lowest BCUT2D eigenvalue weighted by Crippen LogP contribution is -2.41. The molecule has 0 saturated carbocycles. The third-order valence-electron chi connectivity index (χ3n) is 7.38. The smallest absolute Gasteiger partial charge is 0.337 e. The van der Waals surface area contributed by atoms with E-state index in [9.17, 15) is 4.79 Å². The number of unbranched alkanes of at least 4 members (excludes halogenated alkanes) is 10. The number of hydrogen-bond acceptors (Lipinski definition) is 5. The molecule has 6 nitrogen and oxygen atoms in total. The molecule has 0 amide bonds. The van der Waals surface area contributed by atoms with Gasteiger partial charge in [-0.15, -0.1) is 5.10 Å². The number of nitrogens with zero attached hydrogens (tertiary/aromatic N) is 3. The van der Waals surface area contributed by atoms with Crippen molar-refractivity contribution in [3.8, 4) is 0 Å². The maximum Gasteiger partial charge on any atom is 0.337 e. The molecule has 1 heterocycles. The molecule has 0 radical (unpaired) electrons. The SMILES string of the molecule is CCCCCCCCCCCCC[C@H](CC(=O)On1nnc2ccccc21)O[Si](CC)(CC)CC. The van der Waals surface area contributed by atoms with Gasteiger partial charge in [0.1, 0.15) is 11.0 Å². The van der Waals surface area contributed by atoms with E-state index < -0.39 is 8.32 Å². The molecule has 0 bridgehead atoms. The van der Waals surface area contributed by atoms with Crippen LogP contribution in [0, 0.1) is 0 Å². The largest absolute Gasteiger partial charge is 0.413 e. The minimum atomic E-state index is -1.81. The fourth-order valence-corrected chi connectivity index (χ4v) is 7.74.